The van der Waals surface area contributed by atoms with Crippen molar-refractivity contribution in [3.8, 4) is 0 Å². The molecule has 1 amide bonds. The monoisotopic (exact) mass is 311 g/mol. The van der Waals surface area contributed by atoms with Gasteiger partial charge in [0.1, 0.15) is 5.76 Å². The smallest absolute Gasteiger partial charge is 0.264 e. The number of hydrogen-bond donors (Lipinski definition) is 1. The van der Waals surface area contributed by atoms with Crippen LogP contribution in [0.1, 0.15) is 24.7 Å². The second kappa shape index (κ2) is 5.85. The molecule has 1 aliphatic heterocycles. The molecule has 1 aromatic carbocycles. The number of likely N-dealkylation sites (N-methyl/N-ethyl adjacent to an activating group) is 1. The highest BCUT2D eigenvalue weighted by atomic mass is 16.3. The van der Waals surface area contributed by atoms with Gasteiger partial charge in [-0.05, 0) is 37.3 Å². The molecule has 0 fully saturated rings. The first-order valence-electron chi connectivity index (χ1n) is 7.44. The number of para-hydroxylation sites is 1. The van der Waals surface area contributed by atoms with E-state index in [1.165, 1.54) is 23.3 Å². The summed E-state index contributed by atoms with van der Waals surface area (Å²) in [6.45, 7) is 2.27. The Kier molecular flexibility index (Phi) is 3.88. The van der Waals surface area contributed by atoms with E-state index in [0.29, 0.717) is 23.6 Å². The van der Waals surface area contributed by atoms with Crippen LogP contribution >= 0.6 is 0 Å². The summed E-state index contributed by atoms with van der Waals surface area (Å²) in [6, 6.07) is 10.4. The summed E-state index contributed by atoms with van der Waals surface area (Å²) < 4.78 is 5.11. The molecule has 5 heteroatoms. The lowest BCUT2D eigenvalue weighted by Crippen LogP contribution is -2.41. The number of carbonyl (C=O) groups is 2. The van der Waals surface area contributed by atoms with E-state index in [1.54, 1.807) is 36.4 Å². The number of rotatable bonds is 5. The van der Waals surface area contributed by atoms with Crippen LogP contribution in [0.4, 0.5) is 5.69 Å². The van der Waals surface area contributed by atoms with Gasteiger partial charge in [-0.15, -0.1) is 0 Å². The van der Waals surface area contributed by atoms with E-state index >= 15 is 0 Å². The van der Waals surface area contributed by atoms with E-state index in [2.05, 4.69) is 0 Å². The van der Waals surface area contributed by atoms with Crippen molar-refractivity contribution in [2.45, 2.75) is 18.9 Å². The number of allylic oxidation sites excluding steroid dienone is 1. The van der Waals surface area contributed by atoms with E-state index in [1.807, 2.05) is 6.92 Å². The zero-order valence-corrected chi connectivity index (χ0v) is 12.7. The first-order chi connectivity index (χ1) is 11.1. The summed E-state index contributed by atoms with van der Waals surface area (Å²) >= 11 is 0. The minimum absolute atomic E-state index is 0.295. The Hall–Kier alpha value is -2.66. The van der Waals surface area contributed by atoms with Crippen molar-refractivity contribution >= 4 is 23.5 Å². The highest BCUT2D eigenvalue weighted by molar-refractivity contribution is 6.10. The maximum Gasteiger partial charge on any atom is 0.264 e. The van der Waals surface area contributed by atoms with Crippen LogP contribution < -0.4 is 4.90 Å². The van der Waals surface area contributed by atoms with Crippen LogP contribution in [-0.4, -0.2) is 23.3 Å². The summed E-state index contributed by atoms with van der Waals surface area (Å²) in [7, 11) is 0. The van der Waals surface area contributed by atoms with Crippen LogP contribution in [0.2, 0.25) is 0 Å². The van der Waals surface area contributed by atoms with Crippen molar-refractivity contribution in [2.75, 3.05) is 11.4 Å². The molecule has 1 N–H and O–H groups in total. The summed E-state index contributed by atoms with van der Waals surface area (Å²) in [5.74, 6) is -0.260. The number of aliphatic hydroxyl groups is 1. The molecule has 2 aromatic rings. The molecule has 0 aliphatic carbocycles. The summed E-state index contributed by atoms with van der Waals surface area (Å²) in [5, 5.41) is 10.9. The quantitative estimate of drug-likeness (QED) is 0.861. The lowest BCUT2D eigenvalue weighted by molar-refractivity contribution is -0.140. The highest BCUT2D eigenvalue weighted by Gasteiger charge is 2.49. The molecular formula is C18H17NO4. The number of amides is 1. The van der Waals surface area contributed by atoms with Gasteiger partial charge in [-0.25, -0.2) is 0 Å². The third kappa shape index (κ3) is 2.59. The first kappa shape index (κ1) is 15.2. The number of furan rings is 1. The molecule has 0 unspecified atom stereocenters. The molecule has 3 rings (SSSR count). The fraction of sp³-hybridized carbons (Fsp3) is 0.222. The Labute approximate surface area is 133 Å². The van der Waals surface area contributed by atoms with Crippen LogP contribution in [0, 0.1) is 0 Å². The average molecular weight is 311 g/mol. The van der Waals surface area contributed by atoms with Gasteiger partial charge in [0.15, 0.2) is 11.4 Å². The lowest BCUT2D eigenvalue weighted by Gasteiger charge is -2.21. The summed E-state index contributed by atoms with van der Waals surface area (Å²) in [4.78, 5) is 26.3. The van der Waals surface area contributed by atoms with Gasteiger partial charge < -0.3 is 14.4 Å². The summed E-state index contributed by atoms with van der Waals surface area (Å²) in [5.41, 5.74) is -0.672. The Bertz CT molecular complexity index is 763. The van der Waals surface area contributed by atoms with E-state index in [0.717, 1.165) is 0 Å². The molecule has 23 heavy (non-hydrogen) atoms. The zero-order chi connectivity index (χ0) is 16.4. The molecule has 5 nitrogen and oxygen atoms in total. The first-order valence-corrected chi connectivity index (χ1v) is 7.44. The number of carbonyl (C=O) groups excluding carboxylic acids is 2. The Balaban J connectivity index is 1.86. The van der Waals surface area contributed by atoms with Crippen molar-refractivity contribution in [3.05, 3.63) is 60.1 Å². The molecule has 2 heterocycles. The molecule has 0 bridgehead atoms. The normalized spacial score (nSPS) is 20.3. The number of ketones is 1. The van der Waals surface area contributed by atoms with Crippen molar-refractivity contribution in [1.82, 2.24) is 0 Å². The van der Waals surface area contributed by atoms with Gasteiger partial charge in [0.2, 0.25) is 0 Å². The Morgan fingerprint density at radius 2 is 2.09 bits per heavy atom. The topological polar surface area (TPSA) is 70.8 Å². The van der Waals surface area contributed by atoms with E-state index in [4.69, 9.17) is 4.42 Å². The van der Waals surface area contributed by atoms with E-state index in [-0.39, 0.29) is 12.2 Å². The van der Waals surface area contributed by atoms with Crippen LogP contribution in [-0.2, 0) is 15.2 Å². The second-order valence-electron chi connectivity index (χ2n) is 5.42. The lowest BCUT2D eigenvalue weighted by atomic mass is 9.90. The fourth-order valence-corrected chi connectivity index (χ4v) is 2.86. The highest BCUT2D eigenvalue weighted by Crippen LogP contribution is 2.42. The standard InChI is InChI=1S/C18H17NO4/c1-2-19-16-8-4-3-7-15(16)18(22,17(19)21)12-13(20)9-10-14-6-5-11-23-14/h3-11,22H,2,12H2,1H3/b10-9-/t18-/m1/s1. The van der Waals surface area contributed by atoms with Gasteiger partial charge in [-0.3, -0.25) is 9.59 Å². The molecular weight excluding hydrogens is 294 g/mol. The van der Waals surface area contributed by atoms with Crippen LogP contribution in [0.3, 0.4) is 0 Å². The Morgan fingerprint density at radius 3 is 2.78 bits per heavy atom. The van der Waals surface area contributed by atoms with Crippen molar-refractivity contribution < 1.29 is 19.1 Å². The Morgan fingerprint density at radius 1 is 1.30 bits per heavy atom. The predicted octanol–water partition coefficient (Wildman–Crippen LogP) is 2.51. The number of anilines is 1. The van der Waals surface area contributed by atoms with Gasteiger partial charge in [-0.2, -0.15) is 0 Å². The molecule has 1 aromatic heterocycles. The third-order valence-corrected chi connectivity index (χ3v) is 3.96. The fourth-order valence-electron chi connectivity index (χ4n) is 2.86. The van der Waals surface area contributed by atoms with Gasteiger partial charge in [0.25, 0.3) is 5.91 Å². The minimum atomic E-state index is -1.81. The molecule has 0 spiro atoms. The van der Waals surface area contributed by atoms with Crippen molar-refractivity contribution in [2.24, 2.45) is 0 Å². The molecule has 0 radical (unpaired) electrons. The van der Waals surface area contributed by atoms with Gasteiger partial charge in [0, 0.05) is 12.1 Å². The van der Waals surface area contributed by atoms with E-state index < -0.39 is 11.5 Å². The maximum atomic E-state index is 12.6. The van der Waals surface area contributed by atoms with Gasteiger partial charge in [0.05, 0.1) is 18.4 Å². The molecule has 1 aliphatic rings. The SMILES string of the molecule is CCN1C(=O)[C@@](O)(CC(=O)/C=C\c2ccco2)c2ccccc21. The van der Waals surface area contributed by atoms with Crippen molar-refractivity contribution in [1.29, 1.82) is 0 Å². The van der Waals surface area contributed by atoms with Crippen LogP contribution in [0.5, 0.6) is 0 Å². The maximum absolute atomic E-state index is 12.6. The van der Waals surface area contributed by atoms with Crippen LogP contribution in [0.25, 0.3) is 6.08 Å². The molecule has 1 atom stereocenters. The molecule has 0 saturated carbocycles. The minimum Gasteiger partial charge on any atom is -0.465 e. The number of hydrogen-bond acceptors (Lipinski definition) is 4. The number of benzene rings is 1. The van der Waals surface area contributed by atoms with Gasteiger partial charge in [-0.1, -0.05) is 18.2 Å². The molecule has 0 saturated heterocycles. The predicted molar refractivity (Wildman–Crippen MR) is 85.7 cm³/mol. The van der Waals surface area contributed by atoms with Crippen LogP contribution in [0.15, 0.2) is 53.2 Å². The molecule has 118 valence electrons. The van der Waals surface area contributed by atoms with Gasteiger partial charge >= 0.3 is 0 Å². The third-order valence-electron chi connectivity index (χ3n) is 3.96. The largest absolute Gasteiger partial charge is 0.465 e. The number of nitrogens with zero attached hydrogens (tertiary/aromatic N) is 1. The van der Waals surface area contributed by atoms with E-state index in [9.17, 15) is 14.7 Å². The summed E-state index contributed by atoms with van der Waals surface area (Å²) in [6.07, 6.45) is 4.06. The number of fused-ring (bicyclic) bond motifs is 1. The second-order valence-corrected chi connectivity index (χ2v) is 5.42. The van der Waals surface area contributed by atoms with Crippen molar-refractivity contribution in [3.63, 3.8) is 0 Å². The average Bonchev–Trinajstić information content (AvgIpc) is 3.13. The zero-order valence-electron chi connectivity index (χ0n) is 12.7.